The summed E-state index contributed by atoms with van der Waals surface area (Å²) in [5, 5.41) is 7.08. The summed E-state index contributed by atoms with van der Waals surface area (Å²) in [7, 11) is 0. The first-order chi connectivity index (χ1) is 7.75. The van der Waals surface area contributed by atoms with Crippen molar-refractivity contribution in [3.05, 3.63) is 28.2 Å². The maximum absolute atomic E-state index is 3.55. The second-order valence-corrected chi connectivity index (χ2v) is 5.40. The molecule has 1 heterocycles. The second kappa shape index (κ2) is 5.69. The maximum Gasteiger partial charge on any atom is 0.0381 e. The van der Waals surface area contributed by atoms with Gasteiger partial charge in [0.25, 0.3) is 0 Å². The minimum atomic E-state index is 0.632. The molecule has 2 N–H and O–H groups in total. The lowest BCUT2D eigenvalue weighted by molar-refractivity contribution is 0.414. The molecule has 0 saturated carbocycles. The lowest BCUT2D eigenvalue weighted by Gasteiger charge is -2.24. The Morgan fingerprint density at radius 1 is 1.44 bits per heavy atom. The predicted molar refractivity (Wildman–Crippen MR) is 73.0 cm³/mol. The molecule has 0 aromatic heterocycles. The Bertz CT molecular complexity index is 346. The van der Waals surface area contributed by atoms with E-state index < -0.39 is 0 Å². The summed E-state index contributed by atoms with van der Waals surface area (Å²) in [6.07, 6.45) is 3.98. The molecule has 3 heteroatoms. The van der Waals surface area contributed by atoms with Crippen LogP contribution in [-0.2, 0) is 0 Å². The first-order valence-corrected chi connectivity index (χ1v) is 6.78. The fraction of sp³-hybridized carbons (Fsp3) is 0.538. The SMILES string of the molecule is Cc1ccc(Br)cc1NCC1CCCCN1. The number of hydrogen-bond donors (Lipinski definition) is 2. The lowest BCUT2D eigenvalue weighted by atomic mass is 10.0. The van der Waals surface area contributed by atoms with E-state index in [1.165, 1.54) is 37.1 Å². The molecule has 0 aliphatic carbocycles. The van der Waals surface area contributed by atoms with Crippen molar-refractivity contribution in [1.82, 2.24) is 5.32 Å². The molecule has 1 aliphatic heterocycles. The van der Waals surface area contributed by atoms with Crippen LogP contribution in [-0.4, -0.2) is 19.1 Å². The molecular weight excluding hydrogens is 264 g/mol. The summed E-state index contributed by atoms with van der Waals surface area (Å²) in [4.78, 5) is 0. The number of rotatable bonds is 3. The zero-order chi connectivity index (χ0) is 11.4. The highest BCUT2D eigenvalue weighted by Crippen LogP contribution is 2.20. The fourth-order valence-corrected chi connectivity index (χ4v) is 2.48. The molecule has 1 aromatic rings. The average Bonchev–Trinajstić information content (AvgIpc) is 2.32. The zero-order valence-corrected chi connectivity index (χ0v) is 11.3. The van der Waals surface area contributed by atoms with Gasteiger partial charge in [-0.3, -0.25) is 0 Å². The van der Waals surface area contributed by atoms with Gasteiger partial charge in [0.1, 0.15) is 0 Å². The Balaban J connectivity index is 1.90. The molecule has 0 amide bonds. The standard InChI is InChI=1S/C13H19BrN2/c1-10-5-6-11(14)8-13(10)16-9-12-4-2-3-7-15-12/h5-6,8,12,15-16H,2-4,7,9H2,1H3. The van der Waals surface area contributed by atoms with E-state index in [0.29, 0.717) is 6.04 Å². The summed E-state index contributed by atoms with van der Waals surface area (Å²) in [5.74, 6) is 0. The summed E-state index contributed by atoms with van der Waals surface area (Å²) < 4.78 is 1.14. The Kier molecular flexibility index (Phi) is 4.24. The normalized spacial score (nSPS) is 20.8. The topological polar surface area (TPSA) is 24.1 Å². The molecule has 2 rings (SSSR count). The summed E-state index contributed by atoms with van der Waals surface area (Å²) >= 11 is 3.51. The minimum absolute atomic E-state index is 0.632. The highest BCUT2D eigenvalue weighted by atomic mass is 79.9. The Labute approximate surface area is 106 Å². The predicted octanol–water partition coefficient (Wildman–Crippen LogP) is 3.31. The van der Waals surface area contributed by atoms with E-state index in [1.807, 2.05) is 0 Å². The van der Waals surface area contributed by atoms with Crippen LogP contribution in [0.3, 0.4) is 0 Å². The van der Waals surface area contributed by atoms with Crippen molar-refractivity contribution in [2.75, 3.05) is 18.4 Å². The van der Waals surface area contributed by atoms with Crippen LogP contribution in [0.4, 0.5) is 5.69 Å². The fourth-order valence-electron chi connectivity index (χ4n) is 2.12. The van der Waals surface area contributed by atoms with Crippen molar-refractivity contribution in [1.29, 1.82) is 0 Å². The highest BCUT2D eigenvalue weighted by Gasteiger charge is 2.12. The first kappa shape index (κ1) is 11.9. The van der Waals surface area contributed by atoms with Crippen molar-refractivity contribution in [3.63, 3.8) is 0 Å². The molecule has 88 valence electrons. The maximum atomic E-state index is 3.55. The molecule has 1 atom stereocenters. The van der Waals surface area contributed by atoms with E-state index in [9.17, 15) is 0 Å². The number of anilines is 1. The monoisotopic (exact) mass is 282 g/mol. The van der Waals surface area contributed by atoms with Crippen LogP contribution >= 0.6 is 15.9 Å². The van der Waals surface area contributed by atoms with Crippen molar-refractivity contribution in [3.8, 4) is 0 Å². The molecule has 0 bridgehead atoms. The van der Waals surface area contributed by atoms with Crippen molar-refractivity contribution in [2.45, 2.75) is 32.2 Å². The summed E-state index contributed by atoms with van der Waals surface area (Å²) in [6.45, 7) is 4.34. The van der Waals surface area contributed by atoms with Crippen molar-refractivity contribution in [2.24, 2.45) is 0 Å². The Hall–Kier alpha value is -0.540. The molecule has 0 radical (unpaired) electrons. The van der Waals surface area contributed by atoms with Gasteiger partial charge in [-0.1, -0.05) is 28.4 Å². The molecule has 0 spiro atoms. The number of hydrogen-bond acceptors (Lipinski definition) is 2. The first-order valence-electron chi connectivity index (χ1n) is 5.99. The van der Waals surface area contributed by atoms with Crippen LogP contribution in [0.5, 0.6) is 0 Å². The quantitative estimate of drug-likeness (QED) is 0.889. The van der Waals surface area contributed by atoms with Crippen LogP contribution in [0, 0.1) is 6.92 Å². The molecule has 16 heavy (non-hydrogen) atoms. The van der Waals surface area contributed by atoms with E-state index in [2.05, 4.69) is 51.7 Å². The summed E-state index contributed by atoms with van der Waals surface area (Å²) in [6, 6.07) is 7.00. The van der Waals surface area contributed by atoms with Crippen LogP contribution in [0.15, 0.2) is 22.7 Å². The van der Waals surface area contributed by atoms with E-state index in [4.69, 9.17) is 0 Å². The van der Waals surface area contributed by atoms with E-state index >= 15 is 0 Å². The van der Waals surface area contributed by atoms with Crippen LogP contribution in [0.2, 0.25) is 0 Å². The van der Waals surface area contributed by atoms with Crippen molar-refractivity contribution < 1.29 is 0 Å². The van der Waals surface area contributed by atoms with Gasteiger partial charge in [0.15, 0.2) is 0 Å². The molecular formula is C13H19BrN2. The Morgan fingerprint density at radius 3 is 3.06 bits per heavy atom. The zero-order valence-electron chi connectivity index (χ0n) is 9.72. The number of piperidine rings is 1. The minimum Gasteiger partial charge on any atom is -0.383 e. The van der Waals surface area contributed by atoms with Gasteiger partial charge in [0.2, 0.25) is 0 Å². The molecule has 1 saturated heterocycles. The second-order valence-electron chi connectivity index (χ2n) is 4.49. The molecule has 1 aromatic carbocycles. The molecule has 1 aliphatic rings. The number of halogens is 1. The molecule has 1 fully saturated rings. The smallest absolute Gasteiger partial charge is 0.0381 e. The third kappa shape index (κ3) is 3.22. The van der Waals surface area contributed by atoms with Gasteiger partial charge >= 0.3 is 0 Å². The number of aryl methyl sites for hydroxylation is 1. The molecule has 2 nitrogen and oxygen atoms in total. The van der Waals surface area contributed by atoms with Gasteiger partial charge in [-0.2, -0.15) is 0 Å². The highest BCUT2D eigenvalue weighted by molar-refractivity contribution is 9.10. The van der Waals surface area contributed by atoms with E-state index in [0.717, 1.165) is 11.0 Å². The van der Waals surface area contributed by atoms with E-state index in [-0.39, 0.29) is 0 Å². The third-order valence-electron chi connectivity index (χ3n) is 3.15. The van der Waals surface area contributed by atoms with Gasteiger partial charge in [0, 0.05) is 22.7 Å². The summed E-state index contributed by atoms with van der Waals surface area (Å²) in [5.41, 5.74) is 2.54. The van der Waals surface area contributed by atoms with E-state index in [1.54, 1.807) is 0 Å². The van der Waals surface area contributed by atoms with Gasteiger partial charge in [-0.15, -0.1) is 0 Å². The van der Waals surface area contributed by atoms with Gasteiger partial charge in [0.05, 0.1) is 0 Å². The van der Waals surface area contributed by atoms with Crippen LogP contribution in [0.1, 0.15) is 24.8 Å². The van der Waals surface area contributed by atoms with Gasteiger partial charge in [-0.25, -0.2) is 0 Å². The number of nitrogens with one attached hydrogen (secondary N) is 2. The van der Waals surface area contributed by atoms with Crippen molar-refractivity contribution >= 4 is 21.6 Å². The largest absolute Gasteiger partial charge is 0.383 e. The third-order valence-corrected chi connectivity index (χ3v) is 3.64. The lowest BCUT2D eigenvalue weighted by Crippen LogP contribution is -2.39. The van der Waals surface area contributed by atoms with Crippen LogP contribution < -0.4 is 10.6 Å². The number of benzene rings is 1. The molecule has 1 unspecified atom stereocenters. The Morgan fingerprint density at radius 2 is 2.31 bits per heavy atom. The van der Waals surface area contributed by atoms with Crippen LogP contribution in [0.25, 0.3) is 0 Å². The average molecular weight is 283 g/mol. The van der Waals surface area contributed by atoms with Gasteiger partial charge in [-0.05, 0) is 44.0 Å². The van der Waals surface area contributed by atoms with Gasteiger partial charge < -0.3 is 10.6 Å².